The number of nitrogens with two attached hydrogens (primary N) is 1. The number of para-hydroxylation sites is 1. The van der Waals surface area contributed by atoms with Crippen molar-refractivity contribution in [3.05, 3.63) is 60.2 Å². The number of hydrogen-bond donors (Lipinski definition) is 2. The van der Waals surface area contributed by atoms with Crippen LogP contribution in [0.4, 0.5) is 0 Å². The number of benzene rings is 2. The van der Waals surface area contributed by atoms with Gasteiger partial charge in [-0.05, 0) is 29.8 Å². The molecule has 1 aliphatic heterocycles. The van der Waals surface area contributed by atoms with Gasteiger partial charge in [0.05, 0.1) is 12.5 Å². The zero-order valence-corrected chi connectivity index (χ0v) is 13.9. The summed E-state index contributed by atoms with van der Waals surface area (Å²) in [6, 6.07) is 16.8. The van der Waals surface area contributed by atoms with Crippen molar-refractivity contribution < 1.29 is 14.3 Å². The molecule has 0 unspecified atom stereocenters. The lowest BCUT2D eigenvalue weighted by molar-refractivity contribution is -0.133. The van der Waals surface area contributed by atoms with Crippen molar-refractivity contribution in [2.24, 2.45) is 5.73 Å². The van der Waals surface area contributed by atoms with Crippen LogP contribution in [0.2, 0.25) is 0 Å². The molecule has 2 aromatic carbocycles. The summed E-state index contributed by atoms with van der Waals surface area (Å²) in [7, 11) is 0. The summed E-state index contributed by atoms with van der Waals surface area (Å²) < 4.78 is 5.85. The van der Waals surface area contributed by atoms with Crippen molar-refractivity contribution in [1.29, 1.82) is 0 Å². The highest BCUT2D eigenvalue weighted by Gasteiger charge is 2.30. The first-order valence-corrected chi connectivity index (χ1v) is 8.24. The standard InChI is InChI=1S/C19H21N3O3/c20-18(23)12-17-19(24)21-9-10-22(17)13-14-5-4-8-16(11-14)25-15-6-2-1-3-7-15/h1-8,11,17H,9-10,12-13H2,(H2,20,23)(H,21,24)/t17-/m0/s1. The molecule has 1 fully saturated rings. The fourth-order valence-corrected chi connectivity index (χ4v) is 2.93. The SMILES string of the molecule is NC(=O)C[C@H]1C(=O)NCCN1Cc1cccc(Oc2ccccc2)c1. The molecule has 6 heteroatoms. The Hall–Kier alpha value is -2.86. The highest BCUT2D eigenvalue weighted by atomic mass is 16.5. The largest absolute Gasteiger partial charge is 0.457 e. The van der Waals surface area contributed by atoms with Crippen LogP contribution in [0.15, 0.2) is 54.6 Å². The number of hydrogen-bond acceptors (Lipinski definition) is 4. The fourth-order valence-electron chi connectivity index (χ4n) is 2.93. The Labute approximate surface area is 146 Å². The molecule has 0 bridgehead atoms. The molecule has 0 aromatic heterocycles. The van der Waals surface area contributed by atoms with Crippen LogP contribution in [0.1, 0.15) is 12.0 Å². The Bertz CT molecular complexity index is 749. The molecule has 1 heterocycles. The summed E-state index contributed by atoms with van der Waals surface area (Å²) in [5.41, 5.74) is 6.30. The van der Waals surface area contributed by atoms with Gasteiger partial charge in [-0.3, -0.25) is 14.5 Å². The molecule has 1 atom stereocenters. The second kappa shape index (κ2) is 7.81. The first-order chi connectivity index (χ1) is 12.1. The number of nitrogens with zero attached hydrogens (tertiary/aromatic N) is 1. The van der Waals surface area contributed by atoms with Crippen LogP contribution in [0.5, 0.6) is 11.5 Å². The molecule has 0 saturated carbocycles. The molecule has 2 aromatic rings. The quantitative estimate of drug-likeness (QED) is 0.838. The van der Waals surface area contributed by atoms with Gasteiger partial charge >= 0.3 is 0 Å². The topological polar surface area (TPSA) is 84.7 Å². The third-order valence-electron chi connectivity index (χ3n) is 4.10. The highest BCUT2D eigenvalue weighted by Crippen LogP contribution is 2.23. The number of nitrogens with one attached hydrogen (secondary N) is 1. The van der Waals surface area contributed by atoms with Crippen LogP contribution in [0, 0.1) is 0 Å². The normalized spacial score (nSPS) is 17.8. The lowest BCUT2D eigenvalue weighted by Crippen LogP contribution is -2.55. The van der Waals surface area contributed by atoms with Gasteiger partial charge in [0, 0.05) is 19.6 Å². The summed E-state index contributed by atoms with van der Waals surface area (Å²) in [6.07, 6.45) is 0.0199. The van der Waals surface area contributed by atoms with Crippen LogP contribution in [-0.2, 0) is 16.1 Å². The van der Waals surface area contributed by atoms with Crippen molar-refractivity contribution >= 4 is 11.8 Å². The minimum atomic E-state index is -0.523. The van der Waals surface area contributed by atoms with Gasteiger partial charge in [0.25, 0.3) is 0 Å². The lowest BCUT2D eigenvalue weighted by Gasteiger charge is -2.34. The molecule has 0 spiro atoms. The van der Waals surface area contributed by atoms with E-state index in [0.29, 0.717) is 19.6 Å². The van der Waals surface area contributed by atoms with E-state index >= 15 is 0 Å². The minimum Gasteiger partial charge on any atom is -0.457 e. The van der Waals surface area contributed by atoms with Gasteiger partial charge in [-0.15, -0.1) is 0 Å². The molecule has 1 saturated heterocycles. The van der Waals surface area contributed by atoms with E-state index in [1.807, 2.05) is 59.5 Å². The second-order valence-electron chi connectivity index (χ2n) is 6.01. The molecule has 1 aliphatic rings. The predicted molar refractivity (Wildman–Crippen MR) is 94.0 cm³/mol. The molecule has 25 heavy (non-hydrogen) atoms. The van der Waals surface area contributed by atoms with Crippen LogP contribution < -0.4 is 15.8 Å². The van der Waals surface area contributed by atoms with Crippen LogP contribution in [0.3, 0.4) is 0 Å². The van der Waals surface area contributed by atoms with Gasteiger partial charge in [-0.2, -0.15) is 0 Å². The Morgan fingerprint density at radius 3 is 2.68 bits per heavy atom. The molecule has 3 N–H and O–H groups in total. The van der Waals surface area contributed by atoms with Crippen LogP contribution in [-0.4, -0.2) is 35.8 Å². The minimum absolute atomic E-state index is 0.0199. The van der Waals surface area contributed by atoms with Gasteiger partial charge in [-0.25, -0.2) is 0 Å². The van der Waals surface area contributed by atoms with Crippen molar-refractivity contribution in [2.45, 2.75) is 19.0 Å². The molecule has 3 rings (SSSR count). The van der Waals surface area contributed by atoms with E-state index in [2.05, 4.69) is 5.32 Å². The van der Waals surface area contributed by atoms with E-state index < -0.39 is 11.9 Å². The van der Waals surface area contributed by atoms with Gasteiger partial charge in [-0.1, -0.05) is 30.3 Å². The molecular formula is C19H21N3O3. The number of amides is 2. The summed E-state index contributed by atoms with van der Waals surface area (Å²) in [4.78, 5) is 25.3. The molecule has 2 amide bonds. The Balaban J connectivity index is 1.72. The molecule has 0 radical (unpaired) electrons. The van der Waals surface area contributed by atoms with Crippen molar-refractivity contribution in [3.63, 3.8) is 0 Å². The maximum Gasteiger partial charge on any atom is 0.237 e. The van der Waals surface area contributed by atoms with Gasteiger partial charge in [0.2, 0.25) is 11.8 Å². The van der Waals surface area contributed by atoms with Gasteiger partial charge < -0.3 is 15.8 Å². The summed E-state index contributed by atoms with van der Waals surface area (Å²) in [6.45, 7) is 1.79. The van der Waals surface area contributed by atoms with Crippen LogP contribution >= 0.6 is 0 Å². The number of carbonyl (C=O) groups excluding carboxylic acids is 2. The Morgan fingerprint density at radius 2 is 1.92 bits per heavy atom. The summed E-state index contributed by atoms with van der Waals surface area (Å²) >= 11 is 0. The first-order valence-electron chi connectivity index (χ1n) is 8.24. The number of primary amides is 1. The summed E-state index contributed by atoms with van der Waals surface area (Å²) in [5, 5.41) is 2.78. The Kier molecular flexibility index (Phi) is 5.30. The second-order valence-corrected chi connectivity index (χ2v) is 6.01. The number of piperazine rings is 1. The number of ether oxygens (including phenoxy) is 1. The molecular weight excluding hydrogens is 318 g/mol. The zero-order valence-electron chi connectivity index (χ0n) is 13.9. The summed E-state index contributed by atoms with van der Waals surface area (Å²) in [5.74, 6) is 0.871. The van der Waals surface area contributed by atoms with Gasteiger partial charge in [0.15, 0.2) is 0 Å². The van der Waals surface area contributed by atoms with E-state index in [-0.39, 0.29) is 12.3 Å². The van der Waals surface area contributed by atoms with E-state index in [1.165, 1.54) is 0 Å². The fraction of sp³-hybridized carbons (Fsp3) is 0.263. The number of rotatable bonds is 6. The van der Waals surface area contributed by atoms with Crippen molar-refractivity contribution in [3.8, 4) is 11.5 Å². The Morgan fingerprint density at radius 1 is 1.16 bits per heavy atom. The van der Waals surface area contributed by atoms with Crippen molar-refractivity contribution in [1.82, 2.24) is 10.2 Å². The smallest absolute Gasteiger partial charge is 0.237 e. The van der Waals surface area contributed by atoms with Gasteiger partial charge in [0.1, 0.15) is 11.5 Å². The highest BCUT2D eigenvalue weighted by molar-refractivity contribution is 5.88. The molecule has 6 nitrogen and oxygen atoms in total. The van der Waals surface area contributed by atoms with E-state index in [4.69, 9.17) is 10.5 Å². The van der Waals surface area contributed by atoms with E-state index in [0.717, 1.165) is 17.1 Å². The third-order valence-corrected chi connectivity index (χ3v) is 4.10. The van der Waals surface area contributed by atoms with E-state index in [9.17, 15) is 9.59 Å². The van der Waals surface area contributed by atoms with E-state index in [1.54, 1.807) is 0 Å². The molecule has 0 aliphatic carbocycles. The van der Waals surface area contributed by atoms with Crippen LogP contribution in [0.25, 0.3) is 0 Å². The van der Waals surface area contributed by atoms with Crippen molar-refractivity contribution in [2.75, 3.05) is 13.1 Å². The average Bonchev–Trinajstić information content (AvgIpc) is 2.59. The zero-order chi connectivity index (χ0) is 17.6. The maximum absolute atomic E-state index is 12.1. The monoisotopic (exact) mass is 339 g/mol. The third kappa shape index (κ3) is 4.58. The lowest BCUT2D eigenvalue weighted by atomic mass is 10.1. The first kappa shape index (κ1) is 17.0. The average molecular weight is 339 g/mol. The predicted octanol–water partition coefficient (Wildman–Crippen LogP) is 1.65. The molecule has 130 valence electrons. The maximum atomic E-state index is 12.1. The number of carbonyl (C=O) groups is 2.